The number of ketones is 1. The van der Waals surface area contributed by atoms with Crippen molar-refractivity contribution in [2.45, 2.75) is 13.3 Å². The van der Waals surface area contributed by atoms with Gasteiger partial charge in [-0.3, -0.25) is 9.59 Å². The number of aromatic nitrogens is 1. The molecule has 0 amide bonds. The molecule has 0 aliphatic rings. The van der Waals surface area contributed by atoms with E-state index < -0.39 is 0 Å². The van der Waals surface area contributed by atoms with E-state index in [2.05, 4.69) is 4.74 Å². The van der Waals surface area contributed by atoms with Gasteiger partial charge >= 0.3 is 5.97 Å². The first-order valence-corrected chi connectivity index (χ1v) is 6.50. The summed E-state index contributed by atoms with van der Waals surface area (Å²) in [6.45, 7) is 1.78. The SMILES string of the molecule is COC(=O)Cc1cc(C(=O)c2ccccc2)c(C)n1OC. The summed E-state index contributed by atoms with van der Waals surface area (Å²) < 4.78 is 6.13. The Hall–Kier alpha value is -2.56. The predicted octanol–water partition coefficient (Wildman–Crippen LogP) is 1.80. The van der Waals surface area contributed by atoms with Gasteiger partial charge in [0.25, 0.3) is 0 Å². The van der Waals surface area contributed by atoms with Crippen LogP contribution < -0.4 is 4.84 Å². The van der Waals surface area contributed by atoms with Crippen LogP contribution in [0.15, 0.2) is 36.4 Å². The fraction of sp³-hybridized carbons (Fsp3) is 0.250. The van der Waals surface area contributed by atoms with Gasteiger partial charge in [-0.05, 0) is 13.0 Å². The lowest BCUT2D eigenvalue weighted by atomic mass is 10.0. The van der Waals surface area contributed by atoms with Gasteiger partial charge in [0.2, 0.25) is 0 Å². The molecule has 2 aromatic rings. The molecular weight excluding hydrogens is 270 g/mol. The molecule has 1 aromatic carbocycles. The molecule has 21 heavy (non-hydrogen) atoms. The van der Waals surface area contributed by atoms with E-state index in [1.165, 1.54) is 19.0 Å². The summed E-state index contributed by atoms with van der Waals surface area (Å²) in [6.07, 6.45) is 0.0489. The highest BCUT2D eigenvalue weighted by Gasteiger charge is 2.20. The fourth-order valence-electron chi connectivity index (χ4n) is 2.23. The Bertz CT molecular complexity index is 658. The van der Waals surface area contributed by atoms with Crippen molar-refractivity contribution >= 4 is 11.8 Å². The average molecular weight is 287 g/mol. The van der Waals surface area contributed by atoms with Crippen molar-refractivity contribution in [3.05, 3.63) is 58.9 Å². The molecule has 0 atom stereocenters. The highest BCUT2D eigenvalue weighted by molar-refractivity contribution is 6.10. The van der Waals surface area contributed by atoms with Gasteiger partial charge in [0.15, 0.2) is 5.78 Å². The molecule has 5 nitrogen and oxygen atoms in total. The summed E-state index contributed by atoms with van der Waals surface area (Å²) >= 11 is 0. The number of hydrogen-bond acceptors (Lipinski definition) is 4. The Labute approximate surface area is 123 Å². The molecule has 0 fully saturated rings. The first-order valence-electron chi connectivity index (χ1n) is 6.50. The summed E-state index contributed by atoms with van der Waals surface area (Å²) in [7, 11) is 2.82. The Kier molecular flexibility index (Phi) is 4.42. The van der Waals surface area contributed by atoms with Crippen LogP contribution in [0.5, 0.6) is 0 Å². The predicted molar refractivity (Wildman–Crippen MR) is 77.3 cm³/mol. The standard InChI is InChI=1S/C16H17NO4/c1-11-14(16(19)12-7-5-4-6-8-12)9-13(17(11)21-3)10-15(18)20-2/h4-9H,10H2,1-3H3. The average Bonchev–Trinajstić information content (AvgIpc) is 2.82. The number of ether oxygens (including phenoxy) is 1. The smallest absolute Gasteiger partial charge is 0.311 e. The van der Waals surface area contributed by atoms with Crippen LogP contribution in [0.25, 0.3) is 0 Å². The van der Waals surface area contributed by atoms with E-state index in [0.717, 1.165) is 0 Å². The minimum atomic E-state index is -0.385. The molecule has 0 N–H and O–H groups in total. The molecule has 0 bridgehead atoms. The molecule has 5 heteroatoms. The molecule has 0 aliphatic carbocycles. The van der Waals surface area contributed by atoms with Gasteiger partial charge in [-0.1, -0.05) is 30.3 Å². The molecule has 0 saturated heterocycles. The van der Waals surface area contributed by atoms with E-state index in [9.17, 15) is 9.59 Å². The van der Waals surface area contributed by atoms with Gasteiger partial charge in [0, 0.05) is 11.1 Å². The topological polar surface area (TPSA) is 57.5 Å². The molecule has 0 aliphatic heterocycles. The van der Waals surface area contributed by atoms with Gasteiger partial charge in [-0.2, -0.15) is 4.73 Å². The number of rotatable bonds is 5. The largest absolute Gasteiger partial charge is 0.469 e. The summed E-state index contributed by atoms with van der Waals surface area (Å²) in [6, 6.07) is 10.7. The zero-order valence-electron chi connectivity index (χ0n) is 12.3. The quantitative estimate of drug-likeness (QED) is 0.621. The van der Waals surface area contributed by atoms with Crippen LogP contribution in [0.4, 0.5) is 0 Å². The van der Waals surface area contributed by atoms with E-state index in [1.54, 1.807) is 25.1 Å². The first-order chi connectivity index (χ1) is 10.1. The number of hydrogen-bond donors (Lipinski definition) is 0. The lowest BCUT2D eigenvalue weighted by molar-refractivity contribution is -0.140. The second kappa shape index (κ2) is 6.26. The minimum absolute atomic E-state index is 0.0489. The van der Waals surface area contributed by atoms with Gasteiger partial charge in [0.05, 0.1) is 24.9 Å². The lowest BCUT2D eigenvalue weighted by Gasteiger charge is -2.08. The van der Waals surface area contributed by atoms with Crippen molar-refractivity contribution in [1.29, 1.82) is 0 Å². The Morgan fingerprint density at radius 3 is 2.38 bits per heavy atom. The number of nitrogens with zero attached hydrogens (tertiary/aromatic N) is 1. The fourth-order valence-corrected chi connectivity index (χ4v) is 2.23. The maximum atomic E-state index is 12.5. The molecule has 110 valence electrons. The van der Waals surface area contributed by atoms with Gasteiger partial charge in [-0.15, -0.1) is 0 Å². The second-order valence-corrected chi connectivity index (χ2v) is 4.56. The van der Waals surface area contributed by atoms with Crippen molar-refractivity contribution in [2.75, 3.05) is 14.2 Å². The van der Waals surface area contributed by atoms with E-state index in [-0.39, 0.29) is 18.2 Å². The normalized spacial score (nSPS) is 10.2. The summed E-state index contributed by atoms with van der Waals surface area (Å²) in [5.41, 5.74) is 2.35. The molecule has 0 radical (unpaired) electrons. The highest BCUT2D eigenvalue weighted by Crippen LogP contribution is 2.19. The maximum absolute atomic E-state index is 12.5. The van der Waals surface area contributed by atoms with Crippen molar-refractivity contribution in [3.63, 3.8) is 0 Å². The molecule has 2 rings (SSSR count). The Morgan fingerprint density at radius 1 is 1.14 bits per heavy atom. The van der Waals surface area contributed by atoms with Gasteiger partial charge in [0.1, 0.15) is 7.11 Å². The zero-order valence-corrected chi connectivity index (χ0v) is 12.3. The molecular formula is C16H17NO4. The third-order valence-electron chi connectivity index (χ3n) is 3.28. The number of benzene rings is 1. The van der Waals surface area contributed by atoms with Gasteiger partial charge in [-0.25, -0.2) is 0 Å². The molecule has 1 aromatic heterocycles. The number of carbonyl (C=O) groups excluding carboxylic acids is 2. The van der Waals surface area contributed by atoms with E-state index >= 15 is 0 Å². The first kappa shape index (κ1) is 14.8. The molecule has 0 saturated carbocycles. The van der Waals surface area contributed by atoms with Gasteiger partial charge < -0.3 is 9.57 Å². The number of esters is 1. The number of methoxy groups -OCH3 is 1. The van der Waals surface area contributed by atoms with Crippen LogP contribution in [0, 0.1) is 6.92 Å². The Morgan fingerprint density at radius 2 is 1.81 bits per heavy atom. The van der Waals surface area contributed by atoms with E-state index in [0.29, 0.717) is 22.5 Å². The van der Waals surface area contributed by atoms with Crippen molar-refractivity contribution < 1.29 is 19.2 Å². The summed E-state index contributed by atoms with van der Waals surface area (Å²) in [5.74, 6) is -0.487. The number of carbonyl (C=O) groups is 2. The maximum Gasteiger partial charge on any atom is 0.311 e. The van der Waals surface area contributed by atoms with Crippen LogP contribution in [0.1, 0.15) is 27.3 Å². The highest BCUT2D eigenvalue weighted by atomic mass is 16.6. The minimum Gasteiger partial charge on any atom is -0.469 e. The Balaban J connectivity index is 2.41. The second-order valence-electron chi connectivity index (χ2n) is 4.56. The lowest BCUT2D eigenvalue weighted by Crippen LogP contribution is -2.15. The van der Waals surface area contributed by atoms with Crippen molar-refractivity contribution in [2.24, 2.45) is 0 Å². The third-order valence-corrected chi connectivity index (χ3v) is 3.28. The zero-order chi connectivity index (χ0) is 15.4. The van der Waals surface area contributed by atoms with Crippen LogP contribution in [-0.4, -0.2) is 30.7 Å². The van der Waals surface area contributed by atoms with E-state index in [4.69, 9.17) is 4.84 Å². The molecule has 0 unspecified atom stereocenters. The van der Waals surface area contributed by atoms with E-state index in [1.807, 2.05) is 18.2 Å². The summed E-state index contributed by atoms with van der Waals surface area (Å²) in [5, 5.41) is 0. The molecule has 1 heterocycles. The van der Waals surface area contributed by atoms with Crippen LogP contribution in [0.2, 0.25) is 0 Å². The third kappa shape index (κ3) is 2.97. The van der Waals surface area contributed by atoms with Crippen LogP contribution in [-0.2, 0) is 16.0 Å². The molecule has 0 spiro atoms. The van der Waals surface area contributed by atoms with Crippen molar-refractivity contribution in [1.82, 2.24) is 4.73 Å². The van der Waals surface area contributed by atoms with Crippen LogP contribution >= 0.6 is 0 Å². The monoisotopic (exact) mass is 287 g/mol. The van der Waals surface area contributed by atoms with Crippen LogP contribution in [0.3, 0.4) is 0 Å². The summed E-state index contributed by atoms with van der Waals surface area (Å²) in [4.78, 5) is 29.2. The van der Waals surface area contributed by atoms with Crippen molar-refractivity contribution in [3.8, 4) is 0 Å².